The zero-order valence-electron chi connectivity index (χ0n) is 20.8. The zero-order chi connectivity index (χ0) is 25.5. The standard InChI is InChI=1S/C28H28N8O/c1-16-11-22-23(35-27(16)29)12-24(34-22)28(37)36(25-7-3-5-18-6-4-10-30-26(18)25)15-20-8-9-21(17(2)33-20)19-13-31-32-14-19/h4,6,8-14,25,34H,3,5,7,15H2,1-2H3,(H2,29,35)(H,31,32). The summed E-state index contributed by atoms with van der Waals surface area (Å²) >= 11 is 0. The van der Waals surface area contributed by atoms with Crippen molar-refractivity contribution in [3.8, 4) is 11.1 Å². The molecule has 0 radical (unpaired) electrons. The van der Waals surface area contributed by atoms with Crippen LogP contribution in [-0.4, -0.2) is 40.9 Å². The van der Waals surface area contributed by atoms with Crippen LogP contribution in [0.2, 0.25) is 0 Å². The molecule has 9 nitrogen and oxygen atoms in total. The van der Waals surface area contributed by atoms with E-state index in [1.165, 1.54) is 5.56 Å². The number of nitrogen functional groups attached to an aromatic ring is 1. The first-order valence-corrected chi connectivity index (χ1v) is 12.4. The predicted molar refractivity (Wildman–Crippen MR) is 142 cm³/mol. The first-order chi connectivity index (χ1) is 18.0. The average molecular weight is 493 g/mol. The summed E-state index contributed by atoms with van der Waals surface area (Å²) in [5.74, 6) is 0.348. The number of aromatic amines is 2. The van der Waals surface area contributed by atoms with Gasteiger partial charge in [0.2, 0.25) is 0 Å². The number of pyridine rings is 3. The number of fused-ring (bicyclic) bond motifs is 2. The Bertz CT molecular complexity index is 1570. The maximum absolute atomic E-state index is 14.1. The van der Waals surface area contributed by atoms with Crippen molar-refractivity contribution in [3.05, 3.63) is 88.9 Å². The van der Waals surface area contributed by atoms with Crippen molar-refractivity contribution in [2.24, 2.45) is 0 Å². The molecule has 1 atom stereocenters. The van der Waals surface area contributed by atoms with Gasteiger partial charge in [-0.15, -0.1) is 0 Å². The molecular formula is C28H28N8O. The van der Waals surface area contributed by atoms with Crippen molar-refractivity contribution in [1.29, 1.82) is 0 Å². The van der Waals surface area contributed by atoms with E-state index in [0.717, 1.165) is 58.6 Å². The Morgan fingerprint density at radius 1 is 1.19 bits per heavy atom. The topological polar surface area (TPSA) is 129 Å². The summed E-state index contributed by atoms with van der Waals surface area (Å²) in [7, 11) is 0. The van der Waals surface area contributed by atoms with Gasteiger partial charge < -0.3 is 15.6 Å². The van der Waals surface area contributed by atoms with Gasteiger partial charge in [0, 0.05) is 29.2 Å². The van der Waals surface area contributed by atoms with Crippen molar-refractivity contribution in [3.63, 3.8) is 0 Å². The molecule has 4 N–H and O–H groups in total. The van der Waals surface area contributed by atoms with Gasteiger partial charge in [-0.2, -0.15) is 5.10 Å². The summed E-state index contributed by atoms with van der Waals surface area (Å²) in [6, 6.07) is 11.6. The molecule has 5 aromatic heterocycles. The zero-order valence-corrected chi connectivity index (χ0v) is 20.8. The molecule has 5 heterocycles. The van der Waals surface area contributed by atoms with Crippen LogP contribution in [0.5, 0.6) is 0 Å². The number of nitrogens with one attached hydrogen (secondary N) is 2. The lowest BCUT2D eigenvalue weighted by atomic mass is 9.90. The Labute approximate surface area is 214 Å². The lowest BCUT2D eigenvalue weighted by Gasteiger charge is -2.34. The van der Waals surface area contributed by atoms with Gasteiger partial charge in [-0.1, -0.05) is 12.1 Å². The number of hydrogen-bond donors (Lipinski definition) is 3. The number of carbonyl (C=O) groups is 1. The van der Waals surface area contributed by atoms with Crippen LogP contribution in [-0.2, 0) is 13.0 Å². The maximum atomic E-state index is 14.1. The van der Waals surface area contributed by atoms with Crippen LogP contribution in [0.25, 0.3) is 22.2 Å². The number of carbonyl (C=O) groups excluding carboxylic acids is 1. The molecule has 0 saturated heterocycles. The number of amides is 1. The van der Waals surface area contributed by atoms with E-state index < -0.39 is 0 Å². The summed E-state index contributed by atoms with van der Waals surface area (Å²) in [4.78, 5) is 33.3. The van der Waals surface area contributed by atoms with Crippen molar-refractivity contribution in [1.82, 2.24) is 35.0 Å². The highest BCUT2D eigenvalue weighted by atomic mass is 16.2. The average Bonchev–Trinajstić information content (AvgIpc) is 3.57. The van der Waals surface area contributed by atoms with Gasteiger partial charge in [-0.25, -0.2) is 4.98 Å². The van der Waals surface area contributed by atoms with Crippen LogP contribution in [0.3, 0.4) is 0 Å². The van der Waals surface area contributed by atoms with Gasteiger partial charge >= 0.3 is 0 Å². The highest BCUT2D eigenvalue weighted by molar-refractivity contribution is 5.97. The monoisotopic (exact) mass is 492 g/mol. The lowest BCUT2D eigenvalue weighted by molar-refractivity contribution is 0.0624. The number of nitrogens with two attached hydrogens (primary N) is 1. The van der Waals surface area contributed by atoms with E-state index in [1.807, 2.05) is 49.2 Å². The number of aromatic nitrogens is 6. The summed E-state index contributed by atoms with van der Waals surface area (Å²) in [6.45, 7) is 4.24. The quantitative estimate of drug-likeness (QED) is 0.327. The summed E-state index contributed by atoms with van der Waals surface area (Å²) < 4.78 is 0. The van der Waals surface area contributed by atoms with Crippen molar-refractivity contribution >= 4 is 22.8 Å². The Morgan fingerprint density at radius 3 is 2.89 bits per heavy atom. The van der Waals surface area contributed by atoms with Crippen molar-refractivity contribution in [2.75, 3.05) is 5.73 Å². The third-order valence-corrected chi connectivity index (χ3v) is 7.15. The Hall–Kier alpha value is -4.53. The molecule has 1 amide bonds. The van der Waals surface area contributed by atoms with Gasteiger partial charge in [0.15, 0.2) is 0 Å². The molecule has 1 aliphatic rings. The van der Waals surface area contributed by atoms with E-state index in [4.69, 9.17) is 15.7 Å². The molecule has 0 saturated carbocycles. The number of aryl methyl sites for hydroxylation is 3. The largest absolute Gasteiger partial charge is 0.383 e. The highest BCUT2D eigenvalue weighted by Crippen LogP contribution is 2.35. The molecule has 1 aliphatic carbocycles. The van der Waals surface area contributed by atoms with E-state index in [1.54, 1.807) is 18.5 Å². The minimum Gasteiger partial charge on any atom is -0.383 e. The Kier molecular flexibility index (Phi) is 5.67. The van der Waals surface area contributed by atoms with Crippen LogP contribution >= 0.6 is 0 Å². The molecule has 0 bridgehead atoms. The first-order valence-electron chi connectivity index (χ1n) is 12.4. The minimum atomic E-state index is -0.153. The van der Waals surface area contributed by atoms with Crippen LogP contribution in [0.1, 0.15) is 57.6 Å². The van der Waals surface area contributed by atoms with Crippen molar-refractivity contribution < 1.29 is 4.79 Å². The van der Waals surface area contributed by atoms with E-state index >= 15 is 0 Å². The third-order valence-electron chi connectivity index (χ3n) is 7.15. The summed E-state index contributed by atoms with van der Waals surface area (Å²) in [6.07, 6.45) is 8.23. The normalized spacial score (nSPS) is 15.0. The highest BCUT2D eigenvalue weighted by Gasteiger charge is 2.32. The molecule has 0 spiro atoms. The molecule has 37 heavy (non-hydrogen) atoms. The Balaban J connectivity index is 1.40. The first kappa shape index (κ1) is 22.9. The van der Waals surface area contributed by atoms with Gasteiger partial charge in [0.1, 0.15) is 11.5 Å². The van der Waals surface area contributed by atoms with E-state index in [9.17, 15) is 4.79 Å². The number of hydrogen-bond acceptors (Lipinski definition) is 6. The smallest absolute Gasteiger partial charge is 0.271 e. The molecule has 0 aliphatic heterocycles. The third kappa shape index (κ3) is 4.22. The van der Waals surface area contributed by atoms with Gasteiger partial charge in [-0.3, -0.25) is 19.9 Å². The molecular weight excluding hydrogens is 464 g/mol. The minimum absolute atomic E-state index is 0.115. The fourth-order valence-electron chi connectivity index (χ4n) is 5.23. The molecule has 186 valence electrons. The second-order valence-electron chi connectivity index (χ2n) is 9.62. The molecule has 5 aromatic rings. The van der Waals surface area contributed by atoms with Gasteiger partial charge in [0.05, 0.1) is 41.2 Å². The Morgan fingerprint density at radius 2 is 2.08 bits per heavy atom. The maximum Gasteiger partial charge on any atom is 0.271 e. The van der Waals surface area contributed by atoms with Gasteiger partial charge in [-0.05, 0) is 68.5 Å². The molecule has 9 heteroatoms. The lowest BCUT2D eigenvalue weighted by Crippen LogP contribution is -2.37. The van der Waals surface area contributed by atoms with Crippen LogP contribution in [0.4, 0.5) is 5.82 Å². The fourth-order valence-corrected chi connectivity index (χ4v) is 5.23. The summed E-state index contributed by atoms with van der Waals surface area (Å²) in [5.41, 5.74) is 14.7. The molecule has 6 rings (SSSR count). The fraction of sp³-hybridized carbons (Fsp3) is 0.250. The molecule has 0 aromatic carbocycles. The molecule has 0 fully saturated rings. The van der Waals surface area contributed by atoms with E-state index in [0.29, 0.717) is 23.6 Å². The van der Waals surface area contributed by atoms with E-state index in [-0.39, 0.29) is 11.9 Å². The van der Waals surface area contributed by atoms with Crippen LogP contribution in [0.15, 0.2) is 55.0 Å². The van der Waals surface area contributed by atoms with Crippen LogP contribution < -0.4 is 5.73 Å². The number of H-pyrrole nitrogens is 2. The number of rotatable bonds is 5. The number of nitrogens with zero attached hydrogens (tertiary/aromatic N) is 5. The van der Waals surface area contributed by atoms with E-state index in [2.05, 4.69) is 26.2 Å². The second-order valence-corrected chi connectivity index (χ2v) is 9.62. The van der Waals surface area contributed by atoms with Crippen LogP contribution in [0, 0.1) is 13.8 Å². The second kappa shape index (κ2) is 9.16. The van der Waals surface area contributed by atoms with Gasteiger partial charge in [0.25, 0.3) is 5.91 Å². The SMILES string of the molecule is Cc1cc2[nH]c(C(=O)N(Cc3ccc(-c4cn[nH]c4)c(C)n3)C3CCCc4cccnc43)cc2nc1N. The predicted octanol–water partition coefficient (Wildman–Crippen LogP) is 4.66. The molecule has 1 unspecified atom stereocenters. The summed E-state index contributed by atoms with van der Waals surface area (Å²) in [5, 5.41) is 6.90. The van der Waals surface area contributed by atoms with Crippen molar-refractivity contribution in [2.45, 2.75) is 45.7 Å². The number of anilines is 1.